The molecule has 1 fully saturated rings. The van der Waals surface area contributed by atoms with Crippen molar-refractivity contribution in [1.82, 2.24) is 15.2 Å². The van der Waals surface area contributed by atoms with Crippen molar-refractivity contribution >= 4 is 22.3 Å². The summed E-state index contributed by atoms with van der Waals surface area (Å²) in [6, 6.07) is 4.30. The van der Waals surface area contributed by atoms with Crippen LogP contribution in [0.4, 0.5) is 5.00 Å². The van der Waals surface area contributed by atoms with Crippen LogP contribution >= 0.6 is 11.3 Å². The molecule has 0 amide bonds. The van der Waals surface area contributed by atoms with E-state index in [2.05, 4.69) is 49.5 Å². The molecule has 0 unspecified atom stereocenters. The second-order valence-electron chi connectivity index (χ2n) is 6.37. The van der Waals surface area contributed by atoms with E-state index >= 15 is 0 Å². The van der Waals surface area contributed by atoms with Crippen LogP contribution in [0.1, 0.15) is 16.8 Å². The summed E-state index contributed by atoms with van der Waals surface area (Å²) in [6.07, 6.45) is 1.87. The lowest BCUT2D eigenvalue weighted by Crippen LogP contribution is -2.52. The molecule has 0 spiro atoms. The van der Waals surface area contributed by atoms with Gasteiger partial charge in [0.1, 0.15) is 5.75 Å². The Morgan fingerprint density at radius 1 is 1.31 bits per heavy atom. The summed E-state index contributed by atoms with van der Waals surface area (Å²) in [4.78, 5) is 13.8. The highest BCUT2D eigenvalue weighted by Crippen LogP contribution is 2.24. The molecule has 6 nitrogen and oxygen atoms in total. The van der Waals surface area contributed by atoms with E-state index in [0.717, 1.165) is 54.7 Å². The van der Waals surface area contributed by atoms with Gasteiger partial charge in [-0.1, -0.05) is 0 Å². The zero-order chi connectivity index (χ0) is 18.5. The molecule has 1 saturated heterocycles. The summed E-state index contributed by atoms with van der Waals surface area (Å²) >= 11 is 1.80. The van der Waals surface area contributed by atoms with E-state index in [1.807, 2.05) is 20.2 Å². The molecule has 0 saturated carbocycles. The highest BCUT2D eigenvalue weighted by molar-refractivity contribution is 7.14. The van der Waals surface area contributed by atoms with Crippen LogP contribution in [0, 0.1) is 13.8 Å². The molecule has 140 valence electrons. The van der Waals surface area contributed by atoms with E-state index in [1.165, 1.54) is 5.00 Å². The Bertz CT molecular complexity index is 752. The molecule has 0 aromatic carbocycles. The Balaban J connectivity index is 1.59. The van der Waals surface area contributed by atoms with Gasteiger partial charge in [-0.15, -0.1) is 11.3 Å². The fourth-order valence-corrected chi connectivity index (χ4v) is 4.12. The van der Waals surface area contributed by atoms with Crippen LogP contribution in [0.2, 0.25) is 0 Å². The maximum absolute atomic E-state index is 5.50. The SMILES string of the molecule is CN=C(NCc1ncc(C)c(OC)c1C)N1CCN(c2cccs2)CC1. The van der Waals surface area contributed by atoms with E-state index in [1.54, 1.807) is 18.4 Å². The highest BCUT2D eigenvalue weighted by atomic mass is 32.1. The normalized spacial score (nSPS) is 15.3. The third-order valence-electron chi connectivity index (χ3n) is 4.77. The molecular formula is C19H27N5OS. The quantitative estimate of drug-likeness (QED) is 0.660. The van der Waals surface area contributed by atoms with Gasteiger partial charge in [-0.2, -0.15) is 0 Å². The van der Waals surface area contributed by atoms with Crippen molar-refractivity contribution in [3.8, 4) is 5.75 Å². The van der Waals surface area contributed by atoms with E-state index < -0.39 is 0 Å². The number of pyridine rings is 1. The fraction of sp³-hybridized carbons (Fsp3) is 0.474. The summed E-state index contributed by atoms with van der Waals surface area (Å²) in [5.74, 6) is 1.84. The first kappa shape index (κ1) is 18.5. The first-order valence-electron chi connectivity index (χ1n) is 8.87. The minimum atomic E-state index is 0.639. The van der Waals surface area contributed by atoms with Crippen LogP contribution < -0.4 is 15.0 Å². The number of hydrogen-bond acceptors (Lipinski definition) is 5. The number of piperazine rings is 1. The largest absolute Gasteiger partial charge is 0.496 e. The third kappa shape index (κ3) is 3.93. The fourth-order valence-electron chi connectivity index (χ4n) is 3.33. The first-order chi connectivity index (χ1) is 12.6. The molecule has 0 aliphatic carbocycles. The Morgan fingerprint density at radius 3 is 2.69 bits per heavy atom. The number of thiophene rings is 1. The summed E-state index contributed by atoms with van der Waals surface area (Å²) in [7, 11) is 3.54. The zero-order valence-electron chi connectivity index (χ0n) is 16.0. The molecule has 26 heavy (non-hydrogen) atoms. The van der Waals surface area contributed by atoms with Crippen molar-refractivity contribution in [2.45, 2.75) is 20.4 Å². The molecule has 7 heteroatoms. The minimum absolute atomic E-state index is 0.639. The summed E-state index contributed by atoms with van der Waals surface area (Å²) < 4.78 is 5.50. The Hall–Kier alpha value is -2.28. The predicted molar refractivity (Wildman–Crippen MR) is 109 cm³/mol. The number of methoxy groups -OCH3 is 1. The van der Waals surface area contributed by atoms with Crippen LogP contribution in [0.15, 0.2) is 28.7 Å². The van der Waals surface area contributed by atoms with Gasteiger partial charge >= 0.3 is 0 Å². The number of aryl methyl sites for hydroxylation is 1. The Kier molecular flexibility index (Phi) is 5.98. The van der Waals surface area contributed by atoms with E-state index in [-0.39, 0.29) is 0 Å². The van der Waals surface area contributed by atoms with Gasteiger partial charge in [0.15, 0.2) is 5.96 Å². The van der Waals surface area contributed by atoms with Gasteiger partial charge in [-0.05, 0) is 31.4 Å². The number of nitrogens with one attached hydrogen (secondary N) is 1. The van der Waals surface area contributed by atoms with Gasteiger partial charge in [0, 0.05) is 50.6 Å². The van der Waals surface area contributed by atoms with Crippen LogP contribution in [-0.2, 0) is 6.54 Å². The van der Waals surface area contributed by atoms with Gasteiger partial charge in [-0.25, -0.2) is 0 Å². The lowest BCUT2D eigenvalue weighted by atomic mass is 10.1. The molecule has 3 rings (SSSR count). The molecular weight excluding hydrogens is 346 g/mol. The van der Waals surface area contributed by atoms with Crippen molar-refractivity contribution in [2.75, 3.05) is 45.2 Å². The number of guanidine groups is 1. The number of hydrogen-bond donors (Lipinski definition) is 1. The predicted octanol–water partition coefficient (Wildman–Crippen LogP) is 2.67. The summed E-state index contributed by atoms with van der Waals surface area (Å²) in [5, 5.41) is 6.94. The van der Waals surface area contributed by atoms with Crippen LogP contribution in [0.3, 0.4) is 0 Å². The van der Waals surface area contributed by atoms with E-state index in [0.29, 0.717) is 6.54 Å². The second kappa shape index (κ2) is 8.40. The summed E-state index contributed by atoms with van der Waals surface area (Å²) in [6.45, 7) is 8.65. The maximum atomic E-state index is 5.50. The van der Waals surface area contributed by atoms with Gasteiger partial charge in [0.25, 0.3) is 0 Å². The average molecular weight is 374 g/mol. The van der Waals surface area contributed by atoms with Crippen LogP contribution in [0.5, 0.6) is 5.75 Å². The lowest BCUT2D eigenvalue weighted by Gasteiger charge is -2.37. The van der Waals surface area contributed by atoms with Crippen molar-refractivity contribution in [3.63, 3.8) is 0 Å². The van der Waals surface area contributed by atoms with Gasteiger partial charge in [0.05, 0.1) is 24.3 Å². The summed E-state index contributed by atoms with van der Waals surface area (Å²) in [5.41, 5.74) is 3.13. The molecule has 1 aliphatic rings. The van der Waals surface area contributed by atoms with E-state index in [4.69, 9.17) is 4.74 Å². The van der Waals surface area contributed by atoms with Gasteiger partial charge in [-0.3, -0.25) is 9.98 Å². The van der Waals surface area contributed by atoms with Crippen molar-refractivity contribution in [2.24, 2.45) is 4.99 Å². The standard InChI is InChI=1S/C19H27N5OS/c1-14-12-21-16(15(2)18(14)25-4)13-22-19(20-3)24-9-7-23(8-10-24)17-6-5-11-26-17/h5-6,11-12H,7-10,13H2,1-4H3,(H,20,22). The zero-order valence-corrected chi connectivity index (χ0v) is 16.8. The smallest absolute Gasteiger partial charge is 0.194 e. The minimum Gasteiger partial charge on any atom is -0.496 e. The van der Waals surface area contributed by atoms with Crippen molar-refractivity contribution in [3.05, 3.63) is 40.5 Å². The molecule has 2 aromatic heterocycles. The number of anilines is 1. The van der Waals surface area contributed by atoms with E-state index in [9.17, 15) is 0 Å². The Labute approximate surface area is 159 Å². The van der Waals surface area contributed by atoms with Crippen molar-refractivity contribution in [1.29, 1.82) is 0 Å². The highest BCUT2D eigenvalue weighted by Gasteiger charge is 2.20. The maximum Gasteiger partial charge on any atom is 0.194 e. The third-order valence-corrected chi connectivity index (χ3v) is 5.70. The van der Waals surface area contributed by atoms with Crippen LogP contribution in [0.25, 0.3) is 0 Å². The van der Waals surface area contributed by atoms with Gasteiger partial charge < -0.3 is 19.9 Å². The molecule has 0 atom stereocenters. The molecule has 1 N–H and O–H groups in total. The second-order valence-corrected chi connectivity index (χ2v) is 7.30. The van der Waals surface area contributed by atoms with Gasteiger partial charge in [0.2, 0.25) is 0 Å². The topological polar surface area (TPSA) is 53.0 Å². The lowest BCUT2D eigenvalue weighted by molar-refractivity contribution is 0.373. The number of aromatic nitrogens is 1. The number of ether oxygens (including phenoxy) is 1. The number of aliphatic imine (C=N–C) groups is 1. The molecule has 0 bridgehead atoms. The first-order valence-corrected chi connectivity index (χ1v) is 9.75. The van der Waals surface area contributed by atoms with Crippen molar-refractivity contribution < 1.29 is 4.74 Å². The van der Waals surface area contributed by atoms with Crippen LogP contribution in [-0.4, -0.2) is 56.2 Å². The molecule has 3 heterocycles. The molecule has 1 aliphatic heterocycles. The number of nitrogens with zero attached hydrogens (tertiary/aromatic N) is 4. The Morgan fingerprint density at radius 2 is 2.08 bits per heavy atom. The molecule has 0 radical (unpaired) electrons. The monoisotopic (exact) mass is 373 g/mol. The number of rotatable bonds is 4. The molecule has 2 aromatic rings. The average Bonchev–Trinajstić information content (AvgIpc) is 3.19.